The van der Waals surface area contributed by atoms with E-state index in [0.717, 1.165) is 55.6 Å². The molecule has 164 valence electrons. The van der Waals surface area contributed by atoms with Crippen LogP contribution >= 0.6 is 0 Å². The molecule has 1 aliphatic carbocycles. The standard InChI is InChI=1S/C23H28N4O4/c1-15-2-3-16(28)14-18(15)21(30)26-8-6-23(7-9-26)5-4-17-19(23)24-22(25-20(17)29)27-10-12-31-13-11-27/h2-3,14,28H,4-13H2,1H3,(H,24,25,29). The van der Waals surface area contributed by atoms with Crippen LogP contribution in [0.3, 0.4) is 0 Å². The molecule has 2 aromatic rings. The number of benzene rings is 1. The van der Waals surface area contributed by atoms with Gasteiger partial charge in [-0.25, -0.2) is 4.98 Å². The van der Waals surface area contributed by atoms with E-state index < -0.39 is 0 Å². The number of anilines is 1. The zero-order valence-electron chi connectivity index (χ0n) is 17.8. The third kappa shape index (κ3) is 3.48. The summed E-state index contributed by atoms with van der Waals surface area (Å²) in [6.45, 7) is 5.84. The predicted octanol–water partition coefficient (Wildman–Crippen LogP) is 1.74. The Morgan fingerprint density at radius 1 is 1.16 bits per heavy atom. The van der Waals surface area contributed by atoms with E-state index in [1.165, 1.54) is 0 Å². The van der Waals surface area contributed by atoms with Gasteiger partial charge in [-0.3, -0.25) is 14.6 Å². The van der Waals surface area contributed by atoms with Crippen LogP contribution < -0.4 is 10.5 Å². The number of rotatable bonds is 2. The minimum Gasteiger partial charge on any atom is -0.508 e. The van der Waals surface area contributed by atoms with E-state index in [0.29, 0.717) is 37.8 Å². The SMILES string of the molecule is Cc1ccc(O)cc1C(=O)N1CCC2(CCc3c2nc(N2CCOCC2)[nH]c3=O)CC1. The molecule has 1 amide bonds. The van der Waals surface area contributed by atoms with Gasteiger partial charge in [0, 0.05) is 42.7 Å². The fourth-order valence-electron chi connectivity index (χ4n) is 5.20. The van der Waals surface area contributed by atoms with Gasteiger partial charge in [-0.2, -0.15) is 0 Å². The number of aryl methyl sites for hydroxylation is 1. The number of aromatic amines is 1. The summed E-state index contributed by atoms with van der Waals surface area (Å²) < 4.78 is 5.43. The van der Waals surface area contributed by atoms with E-state index in [1.807, 2.05) is 11.8 Å². The van der Waals surface area contributed by atoms with E-state index in [9.17, 15) is 14.7 Å². The van der Waals surface area contributed by atoms with Crippen molar-refractivity contribution in [3.05, 3.63) is 50.9 Å². The number of ether oxygens (including phenoxy) is 1. The van der Waals surface area contributed by atoms with Crippen LogP contribution in [-0.4, -0.2) is 65.3 Å². The van der Waals surface area contributed by atoms with Crippen molar-refractivity contribution in [2.75, 3.05) is 44.3 Å². The Morgan fingerprint density at radius 2 is 1.90 bits per heavy atom. The Morgan fingerprint density at radius 3 is 2.65 bits per heavy atom. The van der Waals surface area contributed by atoms with Crippen LogP contribution in [0.4, 0.5) is 5.95 Å². The van der Waals surface area contributed by atoms with E-state index in [1.54, 1.807) is 18.2 Å². The summed E-state index contributed by atoms with van der Waals surface area (Å²) in [5.41, 5.74) is 2.97. The highest BCUT2D eigenvalue weighted by molar-refractivity contribution is 5.96. The number of aromatic nitrogens is 2. The van der Waals surface area contributed by atoms with Crippen molar-refractivity contribution < 1.29 is 14.6 Å². The fraction of sp³-hybridized carbons (Fsp3) is 0.522. The van der Waals surface area contributed by atoms with Crippen LogP contribution in [-0.2, 0) is 16.6 Å². The van der Waals surface area contributed by atoms with E-state index in [-0.39, 0.29) is 22.6 Å². The maximum absolute atomic E-state index is 13.1. The van der Waals surface area contributed by atoms with E-state index >= 15 is 0 Å². The Hall–Kier alpha value is -2.87. The second-order valence-corrected chi connectivity index (χ2v) is 8.89. The molecule has 0 radical (unpaired) electrons. The van der Waals surface area contributed by atoms with Crippen LogP contribution in [0.25, 0.3) is 0 Å². The summed E-state index contributed by atoms with van der Waals surface area (Å²) in [5.74, 6) is 0.697. The van der Waals surface area contributed by atoms with Gasteiger partial charge >= 0.3 is 0 Å². The number of nitrogens with zero attached hydrogens (tertiary/aromatic N) is 3. The monoisotopic (exact) mass is 424 g/mol. The molecular formula is C23H28N4O4. The Balaban J connectivity index is 1.38. The lowest BCUT2D eigenvalue weighted by Gasteiger charge is -2.40. The lowest BCUT2D eigenvalue weighted by Crippen LogP contribution is -2.45. The topological polar surface area (TPSA) is 98.8 Å². The number of carbonyl (C=O) groups excluding carboxylic acids is 1. The number of fused-ring (bicyclic) bond motifs is 2. The molecule has 0 bridgehead atoms. The molecule has 3 heterocycles. The molecule has 3 aliphatic rings. The number of aromatic hydroxyl groups is 1. The van der Waals surface area contributed by atoms with Crippen molar-refractivity contribution in [3.8, 4) is 5.75 Å². The van der Waals surface area contributed by atoms with Crippen LogP contribution in [0.1, 0.15) is 46.4 Å². The van der Waals surface area contributed by atoms with Gasteiger partial charge in [0.05, 0.1) is 18.9 Å². The number of hydrogen-bond acceptors (Lipinski definition) is 6. The lowest BCUT2D eigenvalue weighted by molar-refractivity contribution is 0.0662. The number of morpholine rings is 1. The van der Waals surface area contributed by atoms with Gasteiger partial charge in [-0.15, -0.1) is 0 Å². The maximum atomic E-state index is 13.1. The second kappa shape index (κ2) is 7.67. The molecule has 2 saturated heterocycles. The molecule has 1 aromatic carbocycles. The van der Waals surface area contributed by atoms with Gasteiger partial charge in [0.25, 0.3) is 11.5 Å². The van der Waals surface area contributed by atoms with E-state index in [4.69, 9.17) is 9.72 Å². The lowest BCUT2D eigenvalue weighted by atomic mass is 9.76. The van der Waals surface area contributed by atoms with Crippen LogP contribution in [0.5, 0.6) is 5.75 Å². The zero-order valence-corrected chi connectivity index (χ0v) is 17.8. The number of amides is 1. The average Bonchev–Trinajstić information content (AvgIpc) is 3.14. The number of nitrogens with one attached hydrogen (secondary N) is 1. The van der Waals surface area contributed by atoms with Crippen molar-refractivity contribution in [1.29, 1.82) is 0 Å². The zero-order chi connectivity index (χ0) is 21.6. The quantitative estimate of drug-likeness (QED) is 0.762. The molecule has 0 atom stereocenters. The number of H-pyrrole nitrogens is 1. The molecule has 2 fully saturated rings. The first kappa shape index (κ1) is 20.1. The Bertz CT molecular complexity index is 1070. The number of phenols is 1. The molecule has 1 spiro atoms. The predicted molar refractivity (Wildman–Crippen MR) is 116 cm³/mol. The molecule has 1 aromatic heterocycles. The van der Waals surface area contributed by atoms with E-state index in [2.05, 4.69) is 9.88 Å². The van der Waals surface area contributed by atoms with Crippen molar-refractivity contribution in [1.82, 2.24) is 14.9 Å². The molecule has 5 rings (SSSR count). The first-order chi connectivity index (χ1) is 15.0. The number of carbonyl (C=O) groups is 1. The van der Waals surface area contributed by atoms with Gasteiger partial charge < -0.3 is 19.6 Å². The molecule has 8 heteroatoms. The Kier molecular flexibility index (Phi) is 4.97. The number of hydrogen-bond donors (Lipinski definition) is 2. The first-order valence-electron chi connectivity index (χ1n) is 11.0. The summed E-state index contributed by atoms with van der Waals surface area (Å²) in [4.78, 5) is 37.7. The largest absolute Gasteiger partial charge is 0.508 e. The molecule has 0 unspecified atom stereocenters. The third-order valence-corrected chi connectivity index (χ3v) is 7.13. The summed E-state index contributed by atoms with van der Waals surface area (Å²) in [6, 6.07) is 4.91. The normalized spacial score (nSPS) is 20.2. The smallest absolute Gasteiger partial charge is 0.255 e. The first-order valence-corrected chi connectivity index (χ1v) is 11.0. The molecule has 2 aliphatic heterocycles. The summed E-state index contributed by atoms with van der Waals surface area (Å²) in [6.07, 6.45) is 3.23. The van der Waals surface area contributed by atoms with Crippen molar-refractivity contribution in [2.24, 2.45) is 0 Å². The fourth-order valence-corrected chi connectivity index (χ4v) is 5.20. The summed E-state index contributed by atoms with van der Waals surface area (Å²) in [7, 11) is 0. The minimum atomic E-state index is -0.144. The molecule has 2 N–H and O–H groups in total. The van der Waals surface area contributed by atoms with Crippen LogP contribution in [0.15, 0.2) is 23.0 Å². The molecule has 31 heavy (non-hydrogen) atoms. The third-order valence-electron chi connectivity index (χ3n) is 7.13. The van der Waals surface area contributed by atoms with Crippen molar-refractivity contribution >= 4 is 11.9 Å². The highest BCUT2D eigenvalue weighted by atomic mass is 16.5. The van der Waals surface area contributed by atoms with Gasteiger partial charge in [0.2, 0.25) is 5.95 Å². The Labute approximate surface area is 180 Å². The number of phenolic OH excluding ortho intramolecular Hbond substituents is 1. The van der Waals surface area contributed by atoms with Gasteiger partial charge in [0.1, 0.15) is 5.75 Å². The van der Waals surface area contributed by atoms with Crippen molar-refractivity contribution in [3.63, 3.8) is 0 Å². The highest BCUT2D eigenvalue weighted by Gasteiger charge is 2.45. The molecular weight excluding hydrogens is 396 g/mol. The summed E-state index contributed by atoms with van der Waals surface area (Å²) >= 11 is 0. The number of piperidine rings is 1. The molecule has 0 saturated carbocycles. The average molecular weight is 425 g/mol. The number of likely N-dealkylation sites (tertiary alicyclic amines) is 1. The van der Waals surface area contributed by atoms with Gasteiger partial charge in [0.15, 0.2) is 0 Å². The second-order valence-electron chi connectivity index (χ2n) is 8.89. The summed E-state index contributed by atoms with van der Waals surface area (Å²) in [5, 5.41) is 9.80. The molecule has 8 nitrogen and oxygen atoms in total. The van der Waals surface area contributed by atoms with Crippen LogP contribution in [0, 0.1) is 6.92 Å². The highest BCUT2D eigenvalue weighted by Crippen LogP contribution is 2.44. The van der Waals surface area contributed by atoms with Gasteiger partial charge in [-0.1, -0.05) is 6.07 Å². The maximum Gasteiger partial charge on any atom is 0.255 e. The minimum absolute atomic E-state index is 0.0303. The van der Waals surface area contributed by atoms with Crippen LogP contribution in [0.2, 0.25) is 0 Å². The van der Waals surface area contributed by atoms with Crippen molar-refractivity contribution in [2.45, 2.75) is 38.0 Å². The van der Waals surface area contributed by atoms with Gasteiger partial charge in [-0.05, 0) is 50.3 Å².